The fourth-order valence-electron chi connectivity index (χ4n) is 2.16. The molecule has 1 fully saturated rings. The Hall–Kier alpha value is -1.00. The quantitative estimate of drug-likeness (QED) is 0.876. The Morgan fingerprint density at radius 1 is 1.65 bits per heavy atom. The van der Waals surface area contributed by atoms with Crippen LogP contribution in [-0.4, -0.2) is 24.8 Å². The molecule has 0 spiro atoms. The van der Waals surface area contributed by atoms with E-state index in [9.17, 15) is 9.50 Å². The molecule has 0 bridgehead atoms. The maximum atomic E-state index is 13.9. The first kappa shape index (κ1) is 12.5. The molecule has 1 saturated heterocycles. The topological polar surface area (TPSA) is 41.5 Å². The SMILES string of the molecule is COc1cc(Cl)c(F)c(CC2CCCN2)c1O. The van der Waals surface area contributed by atoms with Crippen molar-refractivity contribution in [3.8, 4) is 11.5 Å². The molecule has 0 aromatic heterocycles. The lowest BCUT2D eigenvalue weighted by Crippen LogP contribution is -2.24. The van der Waals surface area contributed by atoms with Crippen LogP contribution >= 0.6 is 11.6 Å². The summed E-state index contributed by atoms with van der Waals surface area (Å²) in [4.78, 5) is 0. The Balaban J connectivity index is 2.33. The third-order valence-electron chi connectivity index (χ3n) is 3.08. The van der Waals surface area contributed by atoms with E-state index < -0.39 is 5.82 Å². The van der Waals surface area contributed by atoms with Crippen molar-refractivity contribution in [1.82, 2.24) is 5.32 Å². The second kappa shape index (κ2) is 5.10. The van der Waals surface area contributed by atoms with E-state index in [4.69, 9.17) is 16.3 Å². The molecule has 1 atom stereocenters. The number of rotatable bonds is 3. The minimum atomic E-state index is -0.557. The predicted molar refractivity (Wildman–Crippen MR) is 64.4 cm³/mol. The Bertz CT molecular complexity index is 419. The number of nitrogens with one attached hydrogen (secondary N) is 1. The van der Waals surface area contributed by atoms with Gasteiger partial charge < -0.3 is 15.2 Å². The summed E-state index contributed by atoms with van der Waals surface area (Å²) in [7, 11) is 1.42. The van der Waals surface area contributed by atoms with Crippen LogP contribution in [0.1, 0.15) is 18.4 Å². The van der Waals surface area contributed by atoms with Gasteiger partial charge in [-0.05, 0) is 25.8 Å². The third kappa shape index (κ3) is 2.48. The van der Waals surface area contributed by atoms with Crippen molar-refractivity contribution in [2.24, 2.45) is 0 Å². The molecule has 5 heteroatoms. The molecule has 1 aromatic rings. The van der Waals surface area contributed by atoms with Crippen LogP contribution < -0.4 is 10.1 Å². The van der Waals surface area contributed by atoms with Gasteiger partial charge in [-0.3, -0.25) is 0 Å². The predicted octanol–water partition coefficient (Wildman–Crippen LogP) is 2.49. The number of hydrogen-bond donors (Lipinski definition) is 2. The summed E-state index contributed by atoms with van der Waals surface area (Å²) in [6.45, 7) is 0.935. The van der Waals surface area contributed by atoms with E-state index in [0.29, 0.717) is 6.42 Å². The first-order valence-electron chi connectivity index (χ1n) is 5.60. The van der Waals surface area contributed by atoms with Crippen molar-refractivity contribution in [1.29, 1.82) is 0 Å². The Morgan fingerprint density at radius 2 is 2.41 bits per heavy atom. The third-order valence-corrected chi connectivity index (χ3v) is 3.36. The Morgan fingerprint density at radius 3 is 3.00 bits per heavy atom. The van der Waals surface area contributed by atoms with Crippen LogP contribution in [0.3, 0.4) is 0 Å². The smallest absolute Gasteiger partial charge is 0.164 e. The number of methoxy groups -OCH3 is 1. The van der Waals surface area contributed by atoms with Crippen LogP contribution in [0.25, 0.3) is 0 Å². The van der Waals surface area contributed by atoms with Crippen LogP contribution in [-0.2, 0) is 6.42 Å². The molecule has 3 nitrogen and oxygen atoms in total. The number of ether oxygens (including phenoxy) is 1. The maximum Gasteiger partial charge on any atom is 0.164 e. The van der Waals surface area contributed by atoms with Crippen LogP contribution in [0.15, 0.2) is 6.07 Å². The van der Waals surface area contributed by atoms with Gasteiger partial charge in [-0.15, -0.1) is 0 Å². The van der Waals surface area contributed by atoms with Gasteiger partial charge in [0.25, 0.3) is 0 Å². The molecular weight excluding hydrogens is 245 g/mol. The fraction of sp³-hybridized carbons (Fsp3) is 0.500. The molecule has 1 heterocycles. The minimum absolute atomic E-state index is 0.0207. The van der Waals surface area contributed by atoms with Crippen LogP contribution in [0, 0.1) is 5.82 Å². The largest absolute Gasteiger partial charge is 0.504 e. The highest BCUT2D eigenvalue weighted by Crippen LogP contribution is 2.37. The molecule has 0 radical (unpaired) electrons. The summed E-state index contributed by atoms with van der Waals surface area (Å²) in [6, 6.07) is 1.48. The maximum absolute atomic E-state index is 13.9. The van der Waals surface area contributed by atoms with Crippen molar-refractivity contribution in [2.45, 2.75) is 25.3 Å². The lowest BCUT2D eigenvalue weighted by atomic mass is 10.0. The van der Waals surface area contributed by atoms with E-state index in [-0.39, 0.29) is 28.1 Å². The zero-order valence-electron chi connectivity index (χ0n) is 9.59. The Labute approximate surface area is 105 Å². The number of hydrogen-bond acceptors (Lipinski definition) is 3. The highest BCUT2D eigenvalue weighted by Gasteiger charge is 2.22. The first-order valence-corrected chi connectivity index (χ1v) is 5.98. The summed E-state index contributed by atoms with van der Waals surface area (Å²) in [5.41, 5.74) is 0.230. The Kier molecular flexibility index (Phi) is 3.74. The normalized spacial score (nSPS) is 19.6. The molecule has 0 aliphatic carbocycles. The van der Waals surface area contributed by atoms with E-state index in [1.54, 1.807) is 0 Å². The van der Waals surface area contributed by atoms with Crippen molar-refractivity contribution in [3.63, 3.8) is 0 Å². The van der Waals surface area contributed by atoms with Crippen LogP contribution in [0.5, 0.6) is 11.5 Å². The summed E-state index contributed by atoms with van der Waals surface area (Å²) >= 11 is 5.77. The number of benzene rings is 1. The summed E-state index contributed by atoms with van der Waals surface area (Å²) in [5.74, 6) is -0.494. The van der Waals surface area contributed by atoms with E-state index in [0.717, 1.165) is 19.4 Å². The molecule has 17 heavy (non-hydrogen) atoms. The number of halogens is 2. The van der Waals surface area contributed by atoms with E-state index in [1.807, 2.05) is 0 Å². The number of aromatic hydroxyl groups is 1. The number of phenolic OH excluding ortho intramolecular Hbond substituents is 1. The molecule has 2 N–H and O–H groups in total. The average molecular weight is 260 g/mol. The van der Waals surface area contributed by atoms with Gasteiger partial charge in [0.1, 0.15) is 5.82 Å². The van der Waals surface area contributed by atoms with Gasteiger partial charge in [0.05, 0.1) is 12.1 Å². The molecule has 1 unspecified atom stereocenters. The molecule has 2 rings (SSSR count). The van der Waals surface area contributed by atoms with Gasteiger partial charge in [0.15, 0.2) is 11.5 Å². The zero-order chi connectivity index (χ0) is 12.4. The van der Waals surface area contributed by atoms with Gasteiger partial charge in [-0.1, -0.05) is 11.6 Å². The monoisotopic (exact) mass is 259 g/mol. The molecule has 1 aromatic carbocycles. The van der Waals surface area contributed by atoms with Crippen molar-refractivity contribution in [2.75, 3.05) is 13.7 Å². The minimum Gasteiger partial charge on any atom is -0.504 e. The van der Waals surface area contributed by atoms with Gasteiger partial charge in [-0.2, -0.15) is 0 Å². The zero-order valence-corrected chi connectivity index (χ0v) is 10.4. The van der Waals surface area contributed by atoms with Gasteiger partial charge in [0.2, 0.25) is 0 Å². The van der Waals surface area contributed by atoms with Crippen molar-refractivity contribution < 1.29 is 14.2 Å². The van der Waals surface area contributed by atoms with Gasteiger partial charge in [-0.25, -0.2) is 4.39 Å². The average Bonchev–Trinajstić information content (AvgIpc) is 2.82. The summed E-state index contributed by atoms with van der Waals surface area (Å²) in [6.07, 6.45) is 2.48. The van der Waals surface area contributed by atoms with Crippen LogP contribution in [0.4, 0.5) is 4.39 Å². The molecule has 94 valence electrons. The fourth-order valence-corrected chi connectivity index (χ4v) is 2.38. The summed E-state index contributed by atoms with van der Waals surface area (Å²) < 4.78 is 18.8. The lowest BCUT2D eigenvalue weighted by Gasteiger charge is -2.15. The lowest BCUT2D eigenvalue weighted by molar-refractivity contribution is 0.365. The van der Waals surface area contributed by atoms with Crippen molar-refractivity contribution >= 4 is 11.6 Å². The highest BCUT2D eigenvalue weighted by atomic mass is 35.5. The summed E-state index contributed by atoms with van der Waals surface area (Å²) in [5, 5.41) is 13.1. The van der Waals surface area contributed by atoms with E-state index in [2.05, 4.69) is 5.32 Å². The number of phenols is 1. The second-order valence-electron chi connectivity index (χ2n) is 4.20. The second-order valence-corrected chi connectivity index (χ2v) is 4.61. The van der Waals surface area contributed by atoms with Crippen molar-refractivity contribution in [3.05, 3.63) is 22.5 Å². The molecule has 1 aliphatic rings. The highest BCUT2D eigenvalue weighted by molar-refractivity contribution is 6.31. The molecular formula is C12H15ClFNO2. The molecule has 1 aliphatic heterocycles. The molecule has 0 amide bonds. The van der Waals surface area contributed by atoms with E-state index >= 15 is 0 Å². The standard InChI is InChI=1S/C12H15ClFNO2/c1-17-10-6-9(13)11(14)8(12(10)16)5-7-3-2-4-15-7/h6-7,15-16H,2-5H2,1H3. The van der Waals surface area contributed by atoms with Gasteiger partial charge >= 0.3 is 0 Å². The van der Waals surface area contributed by atoms with E-state index in [1.165, 1.54) is 13.2 Å². The first-order chi connectivity index (χ1) is 8.13. The van der Waals surface area contributed by atoms with Gasteiger partial charge in [0, 0.05) is 17.7 Å². The van der Waals surface area contributed by atoms with Crippen LogP contribution in [0.2, 0.25) is 5.02 Å². The molecule has 0 saturated carbocycles.